The molecular weight excluding hydrogens is 369 g/mol. The summed E-state index contributed by atoms with van der Waals surface area (Å²) in [6, 6.07) is 5.72. The van der Waals surface area contributed by atoms with E-state index in [0.29, 0.717) is 23.8 Å². The minimum Gasteiger partial charge on any atom is -0.536 e. The molecule has 1 aromatic carbocycles. The zero-order valence-corrected chi connectivity index (χ0v) is 15.6. The maximum atomic E-state index is 12.6. The maximum Gasteiger partial charge on any atom is 0.526 e. The summed E-state index contributed by atoms with van der Waals surface area (Å²) in [5.74, 6) is -0.224. The Morgan fingerprint density at radius 1 is 1.52 bits per heavy atom. The van der Waals surface area contributed by atoms with Gasteiger partial charge in [-0.3, -0.25) is 4.79 Å². The minimum absolute atomic E-state index is 0.0368. The van der Waals surface area contributed by atoms with Gasteiger partial charge in [-0.15, -0.1) is 11.3 Å². The molecule has 1 atom stereocenters. The second-order valence-electron chi connectivity index (χ2n) is 6.30. The molecule has 1 aliphatic heterocycles. The molecule has 0 amide bonds. The van der Waals surface area contributed by atoms with Crippen LogP contribution in [0.2, 0.25) is 5.82 Å². The Labute approximate surface area is 160 Å². The molecule has 0 radical (unpaired) electrons. The Morgan fingerprint density at radius 3 is 3.07 bits per heavy atom. The van der Waals surface area contributed by atoms with Crippen LogP contribution in [0.15, 0.2) is 28.7 Å². The highest BCUT2D eigenvalue weighted by Crippen LogP contribution is 2.36. The predicted octanol–water partition coefficient (Wildman–Crippen LogP) is 1.48. The summed E-state index contributed by atoms with van der Waals surface area (Å²) in [6.45, 7) is 2.18. The number of ketones is 1. The molecule has 0 spiro atoms. The number of aryl methyl sites for hydroxylation is 1. The van der Waals surface area contributed by atoms with Gasteiger partial charge >= 0.3 is 7.12 Å². The van der Waals surface area contributed by atoms with Crippen molar-refractivity contribution in [3.05, 3.63) is 40.4 Å². The van der Waals surface area contributed by atoms with Crippen molar-refractivity contribution in [2.45, 2.75) is 25.6 Å². The average Bonchev–Trinajstić information content (AvgIpc) is 3.10. The molecule has 3 rings (SSSR count). The molecule has 0 fully saturated rings. The van der Waals surface area contributed by atoms with Gasteiger partial charge in [0.2, 0.25) is 0 Å². The van der Waals surface area contributed by atoms with Crippen LogP contribution in [-0.2, 0) is 11.2 Å². The summed E-state index contributed by atoms with van der Waals surface area (Å²) in [5, 5.41) is 36.5. The first-order chi connectivity index (χ1) is 13.0. The molecule has 10 heteroatoms. The summed E-state index contributed by atoms with van der Waals surface area (Å²) >= 11 is 1.24. The van der Waals surface area contributed by atoms with E-state index in [1.165, 1.54) is 11.3 Å². The van der Waals surface area contributed by atoms with Gasteiger partial charge in [0.15, 0.2) is 16.6 Å². The van der Waals surface area contributed by atoms with Crippen LogP contribution in [0.3, 0.4) is 0 Å². The largest absolute Gasteiger partial charge is 0.536 e. The number of Topliss-reactive ketones (excluding diaryl/α,β-unsaturated/α-hetero) is 1. The van der Waals surface area contributed by atoms with E-state index in [9.17, 15) is 15.0 Å². The number of benzene rings is 1. The third-order valence-corrected chi connectivity index (χ3v) is 5.16. The Kier molecular flexibility index (Phi) is 6.10. The number of hydrogen-bond donors (Lipinski definition) is 4. The van der Waals surface area contributed by atoms with Crippen LogP contribution < -0.4 is 9.97 Å². The van der Waals surface area contributed by atoms with Crippen LogP contribution in [-0.4, -0.2) is 52.1 Å². The number of carbonyl (C=O) groups excluding carboxylic acids is 1. The number of hydrogen-bond acceptors (Lipinski definition) is 9. The van der Waals surface area contributed by atoms with E-state index in [-0.39, 0.29) is 24.4 Å². The first-order valence-electron chi connectivity index (χ1n) is 8.52. The van der Waals surface area contributed by atoms with Crippen molar-refractivity contribution in [1.29, 1.82) is 0 Å². The topological polar surface area (TPSA) is 124 Å². The fourth-order valence-corrected chi connectivity index (χ4v) is 3.75. The van der Waals surface area contributed by atoms with Gasteiger partial charge in [-0.1, -0.05) is 23.4 Å². The zero-order valence-electron chi connectivity index (χ0n) is 14.8. The predicted molar refractivity (Wildman–Crippen MR) is 103 cm³/mol. The maximum absolute atomic E-state index is 12.6. The lowest BCUT2D eigenvalue weighted by Gasteiger charge is -2.28. The standard InChI is InChI=1S/C17H20BN3O5S/c1-10-3-2-4-11-7-12(18(24)26-16(10)11)8-14(23)15(21-25)13-9-27-17(20-13)19-5-6-22/h2-4,9,12,22,24-25H,5-8H2,1H3,(H,19,20)/b21-15-/t12-/m1/s1. The first kappa shape index (κ1) is 19.3. The van der Waals surface area contributed by atoms with E-state index in [1.54, 1.807) is 5.38 Å². The molecule has 8 nitrogen and oxygen atoms in total. The van der Waals surface area contributed by atoms with Gasteiger partial charge in [0.1, 0.15) is 11.4 Å². The number of fused-ring (bicyclic) bond motifs is 1. The number of nitrogens with zero attached hydrogens (tertiary/aromatic N) is 2. The van der Waals surface area contributed by atoms with E-state index in [4.69, 9.17) is 9.76 Å². The van der Waals surface area contributed by atoms with E-state index in [2.05, 4.69) is 15.5 Å². The number of aliphatic hydroxyl groups is 1. The van der Waals surface area contributed by atoms with Gasteiger partial charge in [0.05, 0.1) is 6.61 Å². The molecule has 27 heavy (non-hydrogen) atoms. The smallest absolute Gasteiger partial charge is 0.526 e. The Hall–Kier alpha value is -2.43. The third-order valence-electron chi connectivity index (χ3n) is 4.36. The summed E-state index contributed by atoms with van der Waals surface area (Å²) in [5.41, 5.74) is 1.95. The molecule has 2 heterocycles. The lowest BCUT2D eigenvalue weighted by atomic mass is 9.64. The SMILES string of the molecule is Cc1cccc2c1OB(O)[C@@H](CC(=O)/C(=N\O)c1csc(NCCO)n1)C2. The third kappa shape index (κ3) is 4.29. The number of carbonyl (C=O) groups is 1. The van der Waals surface area contributed by atoms with Gasteiger partial charge < -0.3 is 25.3 Å². The second-order valence-corrected chi connectivity index (χ2v) is 7.16. The van der Waals surface area contributed by atoms with Crippen molar-refractivity contribution >= 4 is 35.1 Å². The molecule has 1 aromatic heterocycles. The highest BCUT2D eigenvalue weighted by Gasteiger charge is 2.37. The summed E-state index contributed by atoms with van der Waals surface area (Å²) < 4.78 is 5.60. The molecule has 1 aliphatic rings. The van der Waals surface area contributed by atoms with Gasteiger partial charge in [-0.05, 0) is 24.5 Å². The summed E-state index contributed by atoms with van der Waals surface area (Å²) in [7, 11) is -1.11. The first-order valence-corrected chi connectivity index (χ1v) is 9.40. The average molecular weight is 389 g/mol. The highest BCUT2D eigenvalue weighted by atomic mass is 32.1. The zero-order chi connectivity index (χ0) is 19.4. The molecular formula is C17H20BN3O5S. The molecule has 2 aromatic rings. The van der Waals surface area contributed by atoms with E-state index < -0.39 is 18.7 Å². The van der Waals surface area contributed by atoms with Crippen LogP contribution in [0.4, 0.5) is 5.13 Å². The highest BCUT2D eigenvalue weighted by molar-refractivity contribution is 7.14. The molecule has 4 N–H and O–H groups in total. The van der Waals surface area contributed by atoms with Crippen LogP contribution in [0.1, 0.15) is 23.2 Å². The second kappa shape index (κ2) is 8.51. The number of anilines is 1. The summed E-state index contributed by atoms with van der Waals surface area (Å²) in [4.78, 5) is 16.8. The van der Waals surface area contributed by atoms with Gasteiger partial charge in [0.25, 0.3) is 0 Å². The van der Waals surface area contributed by atoms with Crippen LogP contribution in [0, 0.1) is 6.92 Å². The number of oxime groups is 1. The fourth-order valence-electron chi connectivity index (χ4n) is 3.03. The number of rotatable bonds is 7. The van der Waals surface area contributed by atoms with Crippen molar-refractivity contribution in [2.75, 3.05) is 18.5 Å². The lowest BCUT2D eigenvalue weighted by molar-refractivity contribution is -0.113. The van der Waals surface area contributed by atoms with E-state index in [0.717, 1.165) is 11.1 Å². The van der Waals surface area contributed by atoms with Crippen molar-refractivity contribution in [2.24, 2.45) is 5.16 Å². The van der Waals surface area contributed by atoms with E-state index in [1.807, 2.05) is 25.1 Å². The Bertz CT molecular complexity index is 857. The molecule has 142 valence electrons. The number of thiazole rings is 1. The fraction of sp³-hybridized carbons (Fsp3) is 0.353. The number of aliphatic hydroxyl groups excluding tert-OH is 1. The number of para-hydroxylation sites is 1. The van der Waals surface area contributed by atoms with Gasteiger partial charge in [-0.2, -0.15) is 0 Å². The van der Waals surface area contributed by atoms with Crippen molar-refractivity contribution in [1.82, 2.24) is 4.98 Å². The van der Waals surface area contributed by atoms with Crippen molar-refractivity contribution < 1.29 is 24.8 Å². The van der Waals surface area contributed by atoms with Crippen LogP contribution in [0.5, 0.6) is 5.75 Å². The normalized spacial score (nSPS) is 16.6. The minimum atomic E-state index is -1.11. The number of aromatic nitrogens is 1. The van der Waals surface area contributed by atoms with Gasteiger partial charge in [-0.25, -0.2) is 4.98 Å². The van der Waals surface area contributed by atoms with Crippen molar-refractivity contribution in [3.63, 3.8) is 0 Å². The molecule has 0 unspecified atom stereocenters. The molecule has 0 aliphatic carbocycles. The van der Waals surface area contributed by atoms with Crippen molar-refractivity contribution in [3.8, 4) is 5.75 Å². The van der Waals surface area contributed by atoms with E-state index >= 15 is 0 Å². The summed E-state index contributed by atoms with van der Waals surface area (Å²) in [6.07, 6.45) is 0.452. The Morgan fingerprint density at radius 2 is 2.33 bits per heavy atom. The van der Waals surface area contributed by atoms with Gasteiger partial charge in [0, 0.05) is 24.2 Å². The quantitative estimate of drug-likeness (QED) is 0.245. The van der Waals surface area contributed by atoms with Crippen LogP contribution in [0.25, 0.3) is 0 Å². The Balaban J connectivity index is 1.71. The lowest BCUT2D eigenvalue weighted by Crippen LogP contribution is -2.36. The van der Waals surface area contributed by atoms with Crippen LogP contribution >= 0.6 is 11.3 Å². The molecule has 0 bridgehead atoms. The monoisotopic (exact) mass is 389 g/mol. The molecule has 0 saturated carbocycles. The molecule has 0 saturated heterocycles. The number of nitrogens with one attached hydrogen (secondary N) is 1.